The van der Waals surface area contributed by atoms with E-state index in [2.05, 4.69) is 22.1 Å². The molecule has 31 heavy (non-hydrogen) atoms. The lowest BCUT2D eigenvalue weighted by Gasteiger charge is -2.43. The predicted octanol–water partition coefficient (Wildman–Crippen LogP) is 3.68. The van der Waals surface area contributed by atoms with Crippen molar-refractivity contribution in [3.63, 3.8) is 0 Å². The number of nitrogens with zero attached hydrogens (tertiary/aromatic N) is 7. The van der Waals surface area contributed by atoms with Crippen LogP contribution in [0.25, 0.3) is 33.7 Å². The molecule has 150 valence electrons. The van der Waals surface area contributed by atoms with Crippen LogP contribution >= 0.6 is 0 Å². The zero-order chi connectivity index (χ0) is 21.4. The van der Waals surface area contributed by atoms with Gasteiger partial charge >= 0.3 is 0 Å². The van der Waals surface area contributed by atoms with Crippen LogP contribution < -0.4 is 5.73 Å². The molecule has 0 saturated heterocycles. The molecule has 0 radical (unpaired) electrons. The van der Waals surface area contributed by atoms with Crippen LogP contribution in [-0.4, -0.2) is 24.7 Å². The van der Waals surface area contributed by atoms with Crippen LogP contribution in [0.3, 0.4) is 0 Å². The Morgan fingerprint density at radius 1 is 1.10 bits per heavy atom. The van der Waals surface area contributed by atoms with E-state index in [-0.39, 0.29) is 5.92 Å². The molecule has 0 spiro atoms. The Morgan fingerprint density at radius 3 is 2.71 bits per heavy atom. The van der Waals surface area contributed by atoms with Gasteiger partial charge in [-0.05, 0) is 49.2 Å². The van der Waals surface area contributed by atoms with Crippen molar-refractivity contribution in [1.82, 2.24) is 24.7 Å². The van der Waals surface area contributed by atoms with Gasteiger partial charge in [0.25, 0.3) is 0 Å². The average Bonchev–Trinajstić information content (AvgIpc) is 3.26. The number of nitrogen functional groups attached to an aromatic ring is 1. The van der Waals surface area contributed by atoms with E-state index in [4.69, 9.17) is 15.8 Å². The van der Waals surface area contributed by atoms with Crippen molar-refractivity contribution in [3.05, 3.63) is 55.0 Å². The molecule has 1 aliphatic carbocycles. The molecule has 0 atom stereocenters. The van der Waals surface area contributed by atoms with Crippen LogP contribution in [0.1, 0.15) is 19.3 Å². The summed E-state index contributed by atoms with van der Waals surface area (Å²) in [5, 5.41) is 24.2. The maximum Gasteiger partial charge on any atom is 0.111 e. The first kappa shape index (κ1) is 18.7. The lowest BCUT2D eigenvalue weighted by molar-refractivity contribution is 0.0884. The third-order valence-electron chi connectivity index (χ3n) is 5.81. The van der Waals surface area contributed by atoms with E-state index < -0.39 is 5.54 Å². The number of anilines is 1. The Balaban J connectivity index is 1.62. The number of nitrogens with two attached hydrogens (primary N) is 1. The van der Waals surface area contributed by atoms with Crippen LogP contribution in [0.4, 0.5) is 5.69 Å². The van der Waals surface area contributed by atoms with Crippen LogP contribution in [-0.2, 0) is 5.54 Å². The highest BCUT2D eigenvalue weighted by Crippen LogP contribution is 2.46. The molecule has 0 unspecified atom stereocenters. The maximum absolute atomic E-state index is 9.32. The highest BCUT2D eigenvalue weighted by molar-refractivity contribution is 5.93. The van der Waals surface area contributed by atoms with Gasteiger partial charge in [-0.3, -0.25) is 14.6 Å². The lowest BCUT2D eigenvalue weighted by atomic mass is 9.67. The second-order valence-corrected chi connectivity index (χ2v) is 7.84. The van der Waals surface area contributed by atoms with Gasteiger partial charge in [0.2, 0.25) is 0 Å². The van der Waals surface area contributed by atoms with Gasteiger partial charge in [-0.2, -0.15) is 15.6 Å². The van der Waals surface area contributed by atoms with Crippen molar-refractivity contribution < 1.29 is 0 Å². The number of hydrogen-bond acceptors (Lipinski definition) is 7. The zero-order valence-electron chi connectivity index (χ0n) is 16.6. The third-order valence-corrected chi connectivity index (χ3v) is 5.81. The fourth-order valence-corrected chi connectivity index (χ4v) is 4.18. The summed E-state index contributed by atoms with van der Waals surface area (Å²) >= 11 is 0. The predicted molar refractivity (Wildman–Crippen MR) is 115 cm³/mol. The van der Waals surface area contributed by atoms with Gasteiger partial charge < -0.3 is 5.73 Å². The molecule has 8 heteroatoms. The van der Waals surface area contributed by atoms with E-state index in [0.717, 1.165) is 10.9 Å². The van der Waals surface area contributed by atoms with Crippen molar-refractivity contribution >= 4 is 16.6 Å². The molecule has 1 saturated carbocycles. The van der Waals surface area contributed by atoms with Crippen molar-refractivity contribution in [2.45, 2.75) is 24.8 Å². The first-order chi connectivity index (χ1) is 15.1. The molecule has 8 nitrogen and oxygen atoms in total. The van der Waals surface area contributed by atoms with E-state index in [1.165, 1.54) is 0 Å². The van der Waals surface area contributed by atoms with Crippen LogP contribution in [0.5, 0.6) is 0 Å². The van der Waals surface area contributed by atoms with E-state index in [9.17, 15) is 10.5 Å². The Kier molecular flexibility index (Phi) is 4.34. The molecule has 4 heterocycles. The molecule has 0 bridgehead atoms. The van der Waals surface area contributed by atoms with Gasteiger partial charge in [-0.1, -0.05) is 0 Å². The number of pyridine rings is 3. The monoisotopic (exact) mass is 406 g/mol. The smallest absolute Gasteiger partial charge is 0.111 e. The molecular weight excluding hydrogens is 388 g/mol. The van der Waals surface area contributed by atoms with Gasteiger partial charge in [0.15, 0.2) is 0 Å². The maximum atomic E-state index is 9.32. The Morgan fingerprint density at radius 2 is 1.97 bits per heavy atom. The number of rotatable bonds is 4. The normalized spacial score (nSPS) is 20.0. The standard InChI is InChI=1S/C23H18N8/c24-7-6-23(11-15(12-23)13-25)31-9-5-19(30-31)22-17-2-1-8-27-20(17)10-21(29-22)18-4-3-16(26)14-28-18/h1-5,8-10,14-15H,6,11-12,26H2. The van der Waals surface area contributed by atoms with Crippen molar-refractivity contribution in [2.75, 3.05) is 5.73 Å². The van der Waals surface area contributed by atoms with Crippen LogP contribution in [0, 0.1) is 28.6 Å². The minimum absolute atomic E-state index is 0.0379. The van der Waals surface area contributed by atoms with Gasteiger partial charge in [0, 0.05) is 17.8 Å². The molecule has 1 aliphatic rings. The SMILES string of the molecule is N#CCC1(n2ccc(-c3nc(-c4ccc(N)cn4)cc4ncccc34)n2)CC(C#N)C1. The quantitative estimate of drug-likeness (QED) is 0.547. The molecule has 4 aromatic rings. The number of nitriles is 2. The number of fused-ring (bicyclic) bond motifs is 1. The van der Waals surface area contributed by atoms with E-state index >= 15 is 0 Å². The topological polar surface area (TPSA) is 130 Å². The highest BCUT2D eigenvalue weighted by Gasteiger charge is 2.46. The van der Waals surface area contributed by atoms with E-state index in [0.29, 0.717) is 47.7 Å². The highest BCUT2D eigenvalue weighted by atomic mass is 15.3. The van der Waals surface area contributed by atoms with Gasteiger partial charge in [0.05, 0.1) is 58.8 Å². The fraction of sp³-hybridized carbons (Fsp3) is 0.217. The molecule has 0 amide bonds. The van der Waals surface area contributed by atoms with Gasteiger partial charge in [-0.25, -0.2) is 4.98 Å². The molecule has 4 aromatic heterocycles. The van der Waals surface area contributed by atoms with Gasteiger partial charge in [0.1, 0.15) is 11.4 Å². The third kappa shape index (κ3) is 3.15. The van der Waals surface area contributed by atoms with Crippen molar-refractivity contribution in [1.29, 1.82) is 10.5 Å². The number of aromatic nitrogens is 5. The van der Waals surface area contributed by atoms with Crippen LogP contribution in [0.2, 0.25) is 0 Å². The average molecular weight is 406 g/mol. The van der Waals surface area contributed by atoms with Gasteiger partial charge in [-0.15, -0.1) is 0 Å². The van der Waals surface area contributed by atoms with Crippen molar-refractivity contribution in [2.24, 2.45) is 5.92 Å². The Labute approximate surface area is 178 Å². The first-order valence-electron chi connectivity index (χ1n) is 9.93. The Hall–Kier alpha value is -4.30. The fourth-order valence-electron chi connectivity index (χ4n) is 4.18. The van der Waals surface area contributed by atoms with Crippen molar-refractivity contribution in [3.8, 4) is 34.9 Å². The summed E-state index contributed by atoms with van der Waals surface area (Å²) in [6.45, 7) is 0. The van der Waals surface area contributed by atoms with Crippen LogP contribution in [0.15, 0.2) is 55.0 Å². The van der Waals surface area contributed by atoms with E-state index in [1.807, 2.05) is 41.2 Å². The minimum Gasteiger partial charge on any atom is -0.397 e. The molecule has 5 rings (SSSR count). The van der Waals surface area contributed by atoms with E-state index in [1.54, 1.807) is 18.5 Å². The zero-order valence-corrected chi connectivity index (χ0v) is 16.6. The minimum atomic E-state index is -0.433. The first-order valence-corrected chi connectivity index (χ1v) is 9.93. The summed E-state index contributed by atoms with van der Waals surface area (Å²) in [6, 6.07) is 15.8. The second kappa shape index (κ2) is 7.19. The summed E-state index contributed by atoms with van der Waals surface area (Å²) in [6.07, 6.45) is 6.79. The molecule has 2 N–H and O–H groups in total. The second-order valence-electron chi connectivity index (χ2n) is 7.84. The summed E-state index contributed by atoms with van der Waals surface area (Å²) in [5.74, 6) is -0.0379. The summed E-state index contributed by atoms with van der Waals surface area (Å²) in [7, 11) is 0. The Bertz CT molecular complexity index is 1350. The molecule has 1 fully saturated rings. The summed E-state index contributed by atoms with van der Waals surface area (Å²) < 4.78 is 1.83. The summed E-state index contributed by atoms with van der Waals surface area (Å²) in [4.78, 5) is 13.7. The summed E-state index contributed by atoms with van der Waals surface area (Å²) in [5.41, 5.74) is 9.46. The lowest BCUT2D eigenvalue weighted by Crippen LogP contribution is -2.46. The molecule has 0 aromatic carbocycles. The molecular formula is C23H18N8. The molecule has 0 aliphatic heterocycles. The largest absolute Gasteiger partial charge is 0.397 e. The number of hydrogen-bond donors (Lipinski definition) is 1.